The molecule has 0 amide bonds. The lowest BCUT2D eigenvalue weighted by Gasteiger charge is -2.18. The summed E-state index contributed by atoms with van der Waals surface area (Å²) in [4.78, 5) is 25.2. The second-order valence-electron chi connectivity index (χ2n) is 6.74. The second-order valence-corrected chi connectivity index (χ2v) is 6.74. The summed E-state index contributed by atoms with van der Waals surface area (Å²) in [6.45, 7) is 1.21. The van der Waals surface area contributed by atoms with E-state index >= 15 is 0 Å². The highest BCUT2D eigenvalue weighted by Gasteiger charge is 2.43. The number of aryl methyl sites for hydroxylation is 1. The van der Waals surface area contributed by atoms with Crippen LogP contribution in [0.25, 0.3) is 11.0 Å². The molecule has 0 bridgehead atoms. The van der Waals surface area contributed by atoms with E-state index in [1.807, 2.05) is 19.1 Å². The van der Waals surface area contributed by atoms with E-state index in [1.54, 1.807) is 6.07 Å². The number of ether oxygens (including phenoxy) is 1. The molecule has 3 N–H and O–H groups in total. The van der Waals surface area contributed by atoms with Crippen LogP contribution in [-0.4, -0.2) is 54.5 Å². The Labute approximate surface area is 157 Å². The van der Waals surface area contributed by atoms with Gasteiger partial charge in [-0.15, -0.1) is 0 Å². The molecule has 2 aromatic heterocycles. The highest BCUT2D eigenvalue weighted by Crippen LogP contribution is 2.28. The minimum atomic E-state index is -1.43. The van der Waals surface area contributed by atoms with Crippen molar-refractivity contribution in [1.29, 1.82) is 0 Å². The van der Waals surface area contributed by atoms with Gasteiger partial charge in [0.05, 0.1) is 13.2 Å². The monoisotopic (exact) mass is 389 g/mol. The summed E-state index contributed by atoms with van der Waals surface area (Å²) in [6.07, 6.45) is -3.87. The van der Waals surface area contributed by atoms with Crippen molar-refractivity contribution >= 4 is 11.0 Å². The lowest BCUT2D eigenvalue weighted by Crippen LogP contribution is -2.43. The van der Waals surface area contributed by atoms with Crippen molar-refractivity contribution in [3.05, 3.63) is 62.6 Å². The van der Waals surface area contributed by atoms with Crippen molar-refractivity contribution in [2.24, 2.45) is 0 Å². The first kappa shape index (κ1) is 18.6. The molecular formula is C18H19N3O7. The van der Waals surface area contributed by atoms with E-state index in [0.29, 0.717) is 11.3 Å². The number of nitrogens with zero attached hydrogens (tertiary/aromatic N) is 3. The minimum absolute atomic E-state index is 0.134. The van der Waals surface area contributed by atoms with E-state index in [1.165, 1.54) is 6.20 Å². The number of aliphatic hydroxyl groups is 3. The lowest BCUT2D eigenvalue weighted by molar-refractivity contribution is -0.0555. The molecule has 4 atom stereocenters. The average Bonchev–Trinajstić information content (AvgIpc) is 3.22. The van der Waals surface area contributed by atoms with E-state index in [0.717, 1.165) is 26.2 Å². The Morgan fingerprint density at radius 1 is 1.18 bits per heavy atom. The number of fused-ring (bicyclic) bond motifs is 1. The van der Waals surface area contributed by atoms with E-state index in [2.05, 4.69) is 5.16 Å². The maximum Gasteiger partial charge on any atom is 0.333 e. The molecule has 28 heavy (non-hydrogen) atoms. The van der Waals surface area contributed by atoms with Gasteiger partial charge in [0.25, 0.3) is 5.56 Å². The summed E-state index contributed by atoms with van der Waals surface area (Å²) in [5.74, 6) is 0. The van der Waals surface area contributed by atoms with Gasteiger partial charge >= 0.3 is 5.69 Å². The molecule has 148 valence electrons. The van der Waals surface area contributed by atoms with Crippen LogP contribution >= 0.6 is 0 Å². The van der Waals surface area contributed by atoms with E-state index in [4.69, 9.17) is 9.26 Å². The fourth-order valence-corrected chi connectivity index (χ4v) is 3.47. The Kier molecular flexibility index (Phi) is 4.63. The number of aliphatic hydroxyl groups excluding tert-OH is 3. The molecule has 10 nitrogen and oxygen atoms in total. The van der Waals surface area contributed by atoms with Crippen LogP contribution in [0.1, 0.15) is 17.5 Å². The Hall–Kier alpha value is -2.79. The average molecular weight is 389 g/mol. The smallest absolute Gasteiger partial charge is 0.333 e. The van der Waals surface area contributed by atoms with Crippen molar-refractivity contribution < 1.29 is 24.6 Å². The molecule has 1 aliphatic heterocycles. The zero-order chi connectivity index (χ0) is 20.0. The third-order valence-corrected chi connectivity index (χ3v) is 4.97. The van der Waals surface area contributed by atoms with Gasteiger partial charge in [-0.25, -0.2) is 4.79 Å². The Morgan fingerprint density at radius 3 is 2.68 bits per heavy atom. The van der Waals surface area contributed by atoms with Crippen LogP contribution in [-0.2, 0) is 11.3 Å². The molecule has 0 spiro atoms. The second kappa shape index (κ2) is 6.99. The van der Waals surface area contributed by atoms with E-state index in [9.17, 15) is 24.9 Å². The number of benzene rings is 1. The van der Waals surface area contributed by atoms with E-state index in [-0.39, 0.29) is 6.54 Å². The SMILES string of the molecule is Cc1cccc2onc(Cn3c(=O)ccn(C4OC(CO)C(O)C4O)c3=O)c12. The van der Waals surface area contributed by atoms with Gasteiger partial charge < -0.3 is 24.6 Å². The van der Waals surface area contributed by atoms with Crippen molar-refractivity contribution in [2.75, 3.05) is 6.61 Å². The van der Waals surface area contributed by atoms with Crippen LogP contribution in [0, 0.1) is 6.92 Å². The predicted octanol–water partition coefficient (Wildman–Crippen LogP) is -0.881. The van der Waals surface area contributed by atoms with Gasteiger partial charge in [0.15, 0.2) is 11.8 Å². The third-order valence-electron chi connectivity index (χ3n) is 4.97. The third kappa shape index (κ3) is 2.87. The standard InChI is InChI=1S/C18H19N3O7/c1-9-3-2-4-11-14(9)10(19-28-11)7-21-13(23)5-6-20(18(21)26)17-16(25)15(24)12(8-22)27-17/h2-6,12,15-17,22,24-25H,7-8H2,1H3. The normalized spacial score (nSPS) is 24.9. The largest absolute Gasteiger partial charge is 0.394 e. The molecule has 0 aliphatic carbocycles. The van der Waals surface area contributed by atoms with Gasteiger partial charge in [0.2, 0.25) is 0 Å². The van der Waals surface area contributed by atoms with Gasteiger partial charge in [-0.05, 0) is 18.6 Å². The van der Waals surface area contributed by atoms with Crippen LogP contribution in [0.5, 0.6) is 0 Å². The molecule has 0 saturated carbocycles. The number of hydrogen-bond acceptors (Lipinski definition) is 8. The molecular weight excluding hydrogens is 370 g/mol. The quantitative estimate of drug-likeness (QED) is 0.523. The zero-order valence-corrected chi connectivity index (χ0v) is 14.9. The highest BCUT2D eigenvalue weighted by molar-refractivity contribution is 5.82. The van der Waals surface area contributed by atoms with Crippen LogP contribution < -0.4 is 11.2 Å². The maximum absolute atomic E-state index is 12.9. The topological polar surface area (TPSA) is 140 Å². The van der Waals surface area contributed by atoms with Crippen molar-refractivity contribution in [3.8, 4) is 0 Å². The summed E-state index contributed by atoms with van der Waals surface area (Å²) >= 11 is 0. The first-order valence-corrected chi connectivity index (χ1v) is 8.70. The summed E-state index contributed by atoms with van der Waals surface area (Å²) in [7, 11) is 0. The minimum Gasteiger partial charge on any atom is -0.394 e. The van der Waals surface area contributed by atoms with Gasteiger partial charge in [-0.3, -0.25) is 13.9 Å². The predicted molar refractivity (Wildman–Crippen MR) is 95.8 cm³/mol. The molecule has 1 aromatic carbocycles. The van der Waals surface area contributed by atoms with Gasteiger partial charge in [0, 0.05) is 17.6 Å². The highest BCUT2D eigenvalue weighted by atomic mass is 16.6. The molecule has 1 aliphatic rings. The summed E-state index contributed by atoms with van der Waals surface area (Å²) in [5, 5.41) is 34.0. The molecule has 4 unspecified atom stereocenters. The van der Waals surface area contributed by atoms with Crippen molar-refractivity contribution in [1.82, 2.24) is 14.3 Å². The zero-order valence-electron chi connectivity index (χ0n) is 14.9. The summed E-state index contributed by atoms with van der Waals surface area (Å²) in [6, 6.07) is 6.58. The number of rotatable bonds is 4. The Balaban J connectivity index is 1.76. The van der Waals surface area contributed by atoms with Crippen LogP contribution in [0.3, 0.4) is 0 Å². The molecule has 4 rings (SSSR count). The first-order chi connectivity index (χ1) is 13.4. The molecule has 1 saturated heterocycles. The van der Waals surface area contributed by atoms with Gasteiger partial charge in [-0.2, -0.15) is 0 Å². The first-order valence-electron chi connectivity index (χ1n) is 8.70. The van der Waals surface area contributed by atoms with Gasteiger partial charge in [0.1, 0.15) is 24.0 Å². The molecule has 10 heteroatoms. The number of aromatic nitrogens is 3. The van der Waals surface area contributed by atoms with Gasteiger partial charge in [-0.1, -0.05) is 17.3 Å². The molecule has 0 radical (unpaired) electrons. The Morgan fingerprint density at radius 2 is 1.96 bits per heavy atom. The van der Waals surface area contributed by atoms with Crippen LogP contribution in [0.15, 0.2) is 44.6 Å². The van der Waals surface area contributed by atoms with E-state index < -0.39 is 42.4 Å². The maximum atomic E-state index is 12.9. The molecule has 1 fully saturated rings. The Bertz CT molecular complexity index is 1130. The van der Waals surface area contributed by atoms with Crippen LogP contribution in [0.2, 0.25) is 0 Å². The van der Waals surface area contributed by atoms with Crippen molar-refractivity contribution in [2.45, 2.75) is 38.0 Å². The molecule has 3 aromatic rings. The fraction of sp³-hybridized carbons (Fsp3) is 0.389. The fourth-order valence-electron chi connectivity index (χ4n) is 3.47. The van der Waals surface area contributed by atoms with Crippen LogP contribution in [0.4, 0.5) is 0 Å². The number of hydrogen-bond donors (Lipinski definition) is 3. The summed E-state index contributed by atoms with van der Waals surface area (Å²) in [5.41, 5.74) is 0.556. The summed E-state index contributed by atoms with van der Waals surface area (Å²) < 4.78 is 12.6. The molecule has 3 heterocycles. The van der Waals surface area contributed by atoms with Crippen molar-refractivity contribution in [3.63, 3.8) is 0 Å². The lowest BCUT2D eigenvalue weighted by atomic mass is 10.1.